The van der Waals surface area contributed by atoms with Gasteiger partial charge in [-0.1, -0.05) is 0 Å². The Morgan fingerprint density at radius 3 is 2.83 bits per heavy atom. The van der Waals surface area contributed by atoms with E-state index in [0.29, 0.717) is 44.1 Å². The monoisotopic (exact) mass is 320 g/mol. The van der Waals surface area contributed by atoms with Gasteiger partial charge in [-0.2, -0.15) is 5.10 Å². The van der Waals surface area contributed by atoms with Crippen LogP contribution >= 0.6 is 0 Å². The number of amides is 2. The summed E-state index contributed by atoms with van der Waals surface area (Å²) in [6.07, 6.45) is 3.41. The second kappa shape index (κ2) is 5.23. The van der Waals surface area contributed by atoms with Gasteiger partial charge in [-0.15, -0.1) is 0 Å². The van der Waals surface area contributed by atoms with E-state index in [1.54, 1.807) is 10.9 Å². The molecule has 8 nitrogen and oxygen atoms in total. The average molecular weight is 320 g/mol. The van der Waals surface area contributed by atoms with Gasteiger partial charge in [0.25, 0.3) is 5.91 Å². The molecule has 0 radical (unpaired) electrons. The van der Waals surface area contributed by atoms with Crippen molar-refractivity contribution in [3.05, 3.63) is 17.5 Å². The zero-order valence-electron chi connectivity index (χ0n) is 12.9. The minimum atomic E-state index is -0.960. The lowest BCUT2D eigenvalue weighted by molar-refractivity contribution is 0.0547. The first kappa shape index (κ1) is 14.5. The summed E-state index contributed by atoms with van der Waals surface area (Å²) in [6, 6.07) is 0. The molecule has 2 fully saturated rings. The van der Waals surface area contributed by atoms with Crippen LogP contribution in [0.1, 0.15) is 35.3 Å². The van der Waals surface area contributed by atoms with Gasteiger partial charge in [0.15, 0.2) is 0 Å². The number of hydrogen-bond acceptors (Lipinski definition) is 4. The molecule has 1 N–H and O–H groups in total. The van der Waals surface area contributed by atoms with Crippen LogP contribution < -0.4 is 0 Å². The number of nitrogens with zero attached hydrogens (tertiary/aromatic N) is 4. The molecule has 4 rings (SSSR count). The Balaban J connectivity index is 1.62. The molecule has 23 heavy (non-hydrogen) atoms. The number of carbonyl (C=O) groups excluding carboxylic acids is 1. The maximum Gasteiger partial charge on any atom is 0.407 e. The topological polar surface area (TPSA) is 87.9 Å². The molecule has 3 aliphatic rings. The van der Waals surface area contributed by atoms with Crippen molar-refractivity contribution in [2.24, 2.45) is 0 Å². The highest BCUT2D eigenvalue weighted by Crippen LogP contribution is 2.44. The first-order valence-electron chi connectivity index (χ1n) is 8.03. The number of carboxylic acid groups (broad SMARTS) is 1. The Hall–Kier alpha value is -2.09. The molecule has 1 aromatic heterocycles. The zero-order chi connectivity index (χ0) is 16.0. The van der Waals surface area contributed by atoms with E-state index in [1.165, 1.54) is 4.90 Å². The van der Waals surface area contributed by atoms with Crippen LogP contribution in [0.25, 0.3) is 0 Å². The standard InChI is InChI=1S/C15H20N4O4/c20-13(18-4-1-7-23-10-15(18)2-3-15)11-8-16-19-6-5-17(14(21)22)9-12(11)19/h8H,1-7,9-10H2,(H,21,22). The molecule has 0 atom stereocenters. The molecule has 1 aromatic rings. The lowest BCUT2D eigenvalue weighted by atomic mass is 10.1. The van der Waals surface area contributed by atoms with E-state index < -0.39 is 6.09 Å². The molecule has 3 heterocycles. The molecule has 1 saturated heterocycles. The van der Waals surface area contributed by atoms with Gasteiger partial charge in [-0.05, 0) is 19.3 Å². The Kier molecular flexibility index (Phi) is 3.29. The lowest BCUT2D eigenvalue weighted by Crippen LogP contribution is -2.45. The Labute approximate surface area is 133 Å². The molecule has 0 unspecified atom stereocenters. The van der Waals surface area contributed by atoms with Crippen LogP contribution in [0.3, 0.4) is 0 Å². The van der Waals surface area contributed by atoms with Crippen LogP contribution in [0.4, 0.5) is 4.79 Å². The summed E-state index contributed by atoms with van der Waals surface area (Å²) in [7, 11) is 0. The first-order chi connectivity index (χ1) is 11.1. The molecule has 2 aliphatic heterocycles. The van der Waals surface area contributed by atoms with Crippen LogP contribution in [0.2, 0.25) is 0 Å². The molecule has 1 saturated carbocycles. The number of fused-ring (bicyclic) bond motifs is 1. The summed E-state index contributed by atoms with van der Waals surface area (Å²) in [5.74, 6) is -0.0403. The number of carbonyl (C=O) groups is 2. The van der Waals surface area contributed by atoms with Crippen molar-refractivity contribution in [1.29, 1.82) is 0 Å². The SMILES string of the molecule is O=C(O)N1CCn2ncc(C(=O)N3CCCOCC34CC4)c2C1. The fourth-order valence-electron chi connectivity index (χ4n) is 3.51. The molecule has 1 aliphatic carbocycles. The van der Waals surface area contributed by atoms with E-state index in [9.17, 15) is 14.7 Å². The van der Waals surface area contributed by atoms with Crippen molar-refractivity contribution in [2.45, 2.75) is 37.9 Å². The predicted molar refractivity (Wildman–Crippen MR) is 79.1 cm³/mol. The van der Waals surface area contributed by atoms with Gasteiger partial charge >= 0.3 is 6.09 Å². The fraction of sp³-hybridized carbons (Fsp3) is 0.667. The predicted octanol–water partition coefficient (Wildman–Crippen LogP) is 0.772. The summed E-state index contributed by atoms with van der Waals surface area (Å²) in [5, 5.41) is 13.5. The minimum absolute atomic E-state index is 0.0403. The smallest absolute Gasteiger partial charge is 0.407 e. The third-order valence-electron chi connectivity index (χ3n) is 5.06. The molecular formula is C15H20N4O4. The third kappa shape index (κ3) is 2.37. The second-order valence-electron chi connectivity index (χ2n) is 6.52. The van der Waals surface area contributed by atoms with Gasteiger partial charge < -0.3 is 19.6 Å². The molecule has 2 amide bonds. The van der Waals surface area contributed by atoms with Crippen molar-refractivity contribution >= 4 is 12.0 Å². The van der Waals surface area contributed by atoms with Crippen molar-refractivity contribution in [1.82, 2.24) is 19.6 Å². The normalized spacial score (nSPS) is 22.6. The highest BCUT2D eigenvalue weighted by molar-refractivity contribution is 5.96. The molecule has 1 spiro atoms. The van der Waals surface area contributed by atoms with E-state index in [1.807, 2.05) is 4.90 Å². The zero-order valence-corrected chi connectivity index (χ0v) is 12.9. The third-order valence-corrected chi connectivity index (χ3v) is 5.06. The Bertz CT molecular complexity index is 652. The molecular weight excluding hydrogens is 300 g/mol. The molecule has 124 valence electrons. The van der Waals surface area contributed by atoms with E-state index >= 15 is 0 Å². The van der Waals surface area contributed by atoms with Crippen molar-refractivity contribution in [2.75, 3.05) is 26.3 Å². The van der Waals surface area contributed by atoms with Gasteiger partial charge in [0, 0.05) is 19.7 Å². The van der Waals surface area contributed by atoms with Gasteiger partial charge in [0.1, 0.15) is 0 Å². The largest absolute Gasteiger partial charge is 0.465 e. The number of aromatic nitrogens is 2. The van der Waals surface area contributed by atoms with Gasteiger partial charge in [-0.25, -0.2) is 4.79 Å². The maximum absolute atomic E-state index is 13.1. The summed E-state index contributed by atoms with van der Waals surface area (Å²) in [4.78, 5) is 27.5. The maximum atomic E-state index is 13.1. The van der Waals surface area contributed by atoms with Gasteiger partial charge in [0.05, 0.1) is 42.7 Å². The number of rotatable bonds is 1. The van der Waals surface area contributed by atoms with E-state index in [-0.39, 0.29) is 18.0 Å². The molecule has 0 bridgehead atoms. The average Bonchev–Trinajstić information content (AvgIpc) is 3.25. The molecule has 0 aromatic carbocycles. The van der Waals surface area contributed by atoms with E-state index in [0.717, 1.165) is 19.3 Å². The van der Waals surface area contributed by atoms with E-state index in [4.69, 9.17) is 4.74 Å². The fourth-order valence-corrected chi connectivity index (χ4v) is 3.51. The summed E-state index contributed by atoms with van der Waals surface area (Å²) < 4.78 is 7.38. The number of ether oxygens (including phenoxy) is 1. The summed E-state index contributed by atoms with van der Waals surface area (Å²) >= 11 is 0. The minimum Gasteiger partial charge on any atom is -0.465 e. The van der Waals surface area contributed by atoms with Crippen LogP contribution in [0, 0.1) is 0 Å². The summed E-state index contributed by atoms with van der Waals surface area (Å²) in [5.41, 5.74) is 1.08. The second-order valence-corrected chi connectivity index (χ2v) is 6.52. The quantitative estimate of drug-likeness (QED) is 0.826. The van der Waals surface area contributed by atoms with Crippen molar-refractivity contribution in [3.63, 3.8) is 0 Å². The van der Waals surface area contributed by atoms with Crippen molar-refractivity contribution in [3.8, 4) is 0 Å². The number of hydrogen-bond donors (Lipinski definition) is 1. The Morgan fingerprint density at radius 1 is 1.26 bits per heavy atom. The Morgan fingerprint density at radius 2 is 2.09 bits per heavy atom. The van der Waals surface area contributed by atoms with Gasteiger partial charge in [0.2, 0.25) is 0 Å². The van der Waals surface area contributed by atoms with E-state index in [2.05, 4.69) is 5.10 Å². The van der Waals surface area contributed by atoms with Crippen LogP contribution in [-0.2, 0) is 17.8 Å². The highest BCUT2D eigenvalue weighted by atomic mass is 16.5. The van der Waals surface area contributed by atoms with Crippen LogP contribution in [-0.4, -0.2) is 68.5 Å². The summed E-state index contributed by atoms with van der Waals surface area (Å²) in [6.45, 7) is 3.08. The first-order valence-corrected chi connectivity index (χ1v) is 8.03. The molecule has 8 heteroatoms. The lowest BCUT2D eigenvalue weighted by Gasteiger charge is -2.30. The highest BCUT2D eigenvalue weighted by Gasteiger charge is 2.51. The van der Waals surface area contributed by atoms with Gasteiger partial charge in [-0.3, -0.25) is 9.48 Å². The van der Waals surface area contributed by atoms with Crippen LogP contribution in [0.5, 0.6) is 0 Å². The van der Waals surface area contributed by atoms with Crippen molar-refractivity contribution < 1.29 is 19.4 Å². The van der Waals surface area contributed by atoms with Crippen LogP contribution in [0.15, 0.2) is 6.20 Å².